The van der Waals surface area contributed by atoms with E-state index in [9.17, 15) is 13.2 Å². The zero-order chi connectivity index (χ0) is 19.9. The Labute approximate surface area is 163 Å². The monoisotopic (exact) mass is 388 g/mol. The van der Waals surface area contributed by atoms with Crippen LogP contribution in [0.25, 0.3) is 0 Å². The molecule has 6 heteroatoms. The number of hydrogen-bond acceptors (Lipinski definition) is 2. The highest BCUT2D eigenvalue weighted by Crippen LogP contribution is 2.17. The minimum Gasteiger partial charge on any atom is -0.383 e. The fourth-order valence-corrected chi connectivity index (χ4v) is 3.10. The third kappa shape index (κ3) is 5.24. The number of rotatable bonds is 9. The van der Waals surface area contributed by atoms with Crippen molar-refractivity contribution in [3.05, 3.63) is 95.1 Å². The highest BCUT2D eigenvalue weighted by Gasteiger charge is 2.15. The molecule has 0 unspecified atom stereocenters. The lowest BCUT2D eigenvalue weighted by molar-refractivity contribution is 0.137. The molecule has 0 bridgehead atoms. The maximum atomic E-state index is 14.1. The molecule has 0 radical (unpaired) electrons. The first kappa shape index (κ1) is 20.2. The Morgan fingerprint density at radius 3 is 2.29 bits per heavy atom. The van der Waals surface area contributed by atoms with Gasteiger partial charge in [-0.1, -0.05) is 18.2 Å². The molecule has 0 aliphatic heterocycles. The van der Waals surface area contributed by atoms with E-state index in [1.165, 1.54) is 30.3 Å². The normalized spacial score (nSPS) is 11.3. The number of hydrogen-bond donors (Lipinski definition) is 0. The van der Waals surface area contributed by atoms with Crippen LogP contribution in [0.5, 0.6) is 0 Å². The number of halogens is 3. The van der Waals surface area contributed by atoms with Crippen LogP contribution in [-0.4, -0.2) is 29.7 Å². The first-order valence-corrected chi connectivity index (χ1v) is 9.09. The Morgan fingerprint density at radius 2 is 1.61 bits per heavy atom. The lowest BCUT2D eigenvalue weighted by Gasteiger charge is -2.23. The Kier molecular flexibility index (Phi) is 6.90. The summed E-state index contributed by atoms with van der Waals surface area (Å²) >= 11 is 0. The number of aromatic nitrogens is 1. The second-order valence-corrected chi connectivity index (χ2v) is 6.66. The molecule has 0 aliphatic rings. The predicted octanol–water partition coefficient (Wildman–Crippen LogP) is 4.60. The zero-order valence-electron chi connectivity index (χ0n) is 15.7. The van der Waals surface area contributed by atoms with Gasteiger partial charge < -0.3 is 9.30 Å². The molecule has 3 nitrogen and oxygen atoms in total. The molecule has 0 aliphatic carbocycles. The summed E-state index contributed by atoms with van der Waals surface area (Å²) in [6, 6.07) is 14.2. The maximum Gasteiger partial charge on any atom is 0.130 e. The highest BCUT2D eigenvalue weighted by molar-refractivity contribution is 5.21. The Morgan fingerprint density at radius 1 is 0.893 bits per heavy atom. The Hall–Kier alpha value is -2.57. The van der Waals surface area contributed by atoms with Gasteiger partial charge in [0.15, 0.2) is 0 Å². The summed E-state index contributed by atoms with van der Waals surface area (Å²) in [5.41, 5.74) is 2.02. The van der Waals surface area contributed by atoms with Crippen LogP contribution in [0.1, 0.15) is 16.8 Å². The molecule has 3 aromatic rings. The van der Waals surface area contributed by atoms with E-state index in [1.54, 1.807) is 19.2 Å². The second-order valence-electron chi connectivity index (χ2n) is 6.66. The van der Waals surface area contributed by atoms with E-state index in [4.69, 9.17) is 4.74 Å². The van der Waals surface area contributed by atoms with Crippen LogP contribution < -0.4 is 0 Å². The van der Waals surface area contributed by atoms with Crippen molar-refractivity contribution in [3.8, 4) is 0 Å². The van der Waals surface area contributed by atoms with Crippen molar-refractivity contribution in [2.24, 2.45) is 0 Å². The summed E-state index contributed by atoms with van der Waals surface area (Å²) in [7, 11) is 1.60. The van der Waals surface area contributed by atoms with E-state index in [2.05, 4.69) is 0 Å². The molecule has 3 rings (SSSR count). The van der Waals surface area contributed by atoms with Gasteiger partial charge in [-0.05, 0) is 42.0 Å². The molecule has 1 aromatic heterocycles. The highest BCUT2D eigenvalue weighted by atomic mass is 19.1. The molecule has 2 aromatic carbocycles. The Bertz CT molecular complexity index is 873. The first-order chi connectivity index (χ1) is 13.6. The summed E-state index contributed by atoms with van der Waals surface area (Å²) in [6.45, 7) is 2.23. The quantitative estimate of drug-likeness (QED) is 0.533. The molecule has 148 valence electrons. The summed E-state index contributed by atoms with van der Waals surface area (Å²) in [5, 5.41) is 0. The number of methoxy groups -OCH3 is 1. The average molecular weight is 388 g/mol. The standard InChI is InChI=1S/C22H23F3N2O/c1-28-13-12-26(16-20-21(24)5-2-6-22(20)25)15-19-4-3-11-27(19)14-17-7-9-18(23)10-8-17/h2-11H,12-16H2,1H3. The molecule has 0 amide bonds. The molecule has 1 heterocycles. The third-order valence-corrected chi connectivity index (χ3v) is 4.63. The van der Waals surface area contributed by atoms with Crippen LogP contribution in [0.2, 0.25) is 0 Å². The molecule has 0 N–H and O–H groups in total. The van der Waals surface area contributed by atoms with Crippen LogP contribution in [0.3, 0.4) is 0 Å². The van der Waals surface area contributed by atoms with Gasteiger partial charge in [0, 0.05) is 50.7 Å². The van der Waals surface area contributed by atoms with Gasteiger partial charge >= 0.3 is 0 Å². The number of nitrogens with zero attached hydrogens (tertiary/aromatic N) is 2. The molecule has 28 heavy (non-hydrogen) atoms. The fourth-order valence-electron chi connectivity index (χ4n) is 3.10. The van der Waals surface area contributed by atoms with Crippen molar-refractivity contribution in [3.63, 3.8) is 0 Å². The maximum absolute atomic E-state index is 14.1. The van der Waals surface area contributed by atoms with E-state index in [-0.39, 0.29) is 17.9 Å². The lowest BCUT2D eigenvalue weighted by Crippen LogP contribution is -2.28. The van der Waals surface area contributed by atoms with Crippen molar-refractivity contribution in [1.82, 2.24) is 9.47 Å². The van der Waals surface area contributed by atoms with E-state index in [0.29, 0.717) is 26.2 Å². The van der Waals surface area contributed by atoms with Gasteiger partial charge in [0.05, 0.1) is 6.61 Å². The summed E-state index contributed by atoms with van der Waals surface area (Å²) in [4.78, 5) is 1.95. The summed E-state index contributed by atoms with van der Waals surface area (Å²) in [5.74, 6) is -1.37. The van der Waals surface area contributed by atoms with E-state index in [0.717, 1.165) is 11.3 Å². The van der Waals surface area contributed by atoms with Crippen LogP contribution in [0, 0.1) is 17.5 Å². The lowest BCUT2D eigenvalue weighted by atomic mass is 10.1. The van der Waals surface area contributed by atoms with Crippen LogP contribution in [-0.2, 0) is 24.4 Å². The minimum absolute atomic E-state index is 0.0512. The molecule has 0 saturated carbocycles. The van der Waals surface area contributed by atoms with Crippen LogP contribution >= 0.6 is 0 Å². The van der Waals surface area contributed by atoms with Gasteiger partial charge in [-0.25, -0.2) is 13.2 Å². The smallest absolute Gasteiger partial charge is 0.130 e. The molecule has 0 atom stereocenters. The van der Waals surface area contributed by atoms with Gasteiger partial charge in [-0.3, -0.25) is 4.90 Å². The van der Waals surface area contributed by atoms with Crippen molar-refractivity contribution < 1.29 is 17.9 Å². The van der Waals surface area contributed by atoms with E-state index in [1.807, 2.05) is 27.8 Å². The SMILES string of the molecule is COCCN(Cc1c(F)cccc1F)Cc1cccn1Cc1ccc(F)cc1. The second kappa shape index (κ2) is 9.57. The number of ether oxygens (including phenoxy) is 1. The van der Waals surface area contributed by atoms with Gasteiger partial charge in [-0.2, -0.15) is 0 Å². The van der Waals surface area contributed by atoms with Crippen molar-refractivity contribution in [2.45, 2.75) is 19.6 Å². The molecular formula is C22H23F3N2O. The largest absolute Gasteiger partial charge is 0.383 e. The van der Waals surface area contributed by atoms with Gasteiger partial charge in [0.25, 0.3) is 0 Å². The molecule has 0 spiro atoms. The average Bonchev–Trinajstić information content (AvgIpc) is 3.11. The third-order valence-electron chi connectivity index (χ3n) is 4.63. The Balaban J connectivity index is 1.76. The van der Waals surface area contributed by atoms with Crippen LogP contribution in [0.4, 0.5) is 13.2 Å². The van der Waals surface area contributed by atoms with Gasteiger partial charge in [-0.15, -0.1) is 0 Å². The molecular weight excluding hydrogens is 365 g/mol. The topological polar surface area (TPSA) is 17.4 Å². The van der Waals surface area contributed by atoms with E-state index < -0.39 is 11.6 Å². The van der Waals surface area contributed by atoms with Crippen molar-refractivity contribution in [2.75, 3.05) is 20.3 Å². The number of benzene rings is 2. The fraction of sp³-hybridized carbons (Fsp3) is 0.273. The molecule has 0 saturated heterocycles. The van der Waals surface area contributed by atoms with Gasteiger partial charge in [0.2, 0.25) is 0 Å². The van der Waals surface area contributed by atoms with Crippen LogP contribution in [0.15, 0.2) is 60.8 Å². The van der Waals surface area contributed by atoms with Crippen molar-refractivity contribution >= 4 is 0 Å². The predicted molar refractivity (Wildman–Crippen MR) is 102 cm³/mol. The van der Waals surface area contributed by atoms with Gasteiger partial charge in [0.1, 0.15) is 17.5 Å². The summed E-state index contributed by atoms with van der Waals surface area (Å²) in [6.07, 6.45) is 1.94. The molecule has 0 fully saturated rings. The minimum atomic E-state index is -0.552. The first-order valence-electron chi connectivity index (χ1n) is 9.09. The zero-order valence-corrected chi connectivity index (χ0v) is 15.7. The summed E-state index contributed by atoms with van der Waals surface area (Å²) < 4.78 is 48.5. The van der Waals surface area contributed by atoms with Crippen molar-refractivity contribution in [1.29, 1.82) is 0 Å². The van der Waals surface area contributed by atoms with E-state index >= 15 is 0 Å².